The Hall–Kier alpha value is -1.36. The zero-order valence-corrected chi connectivity index (χ0v) is 13.3. The zero-order valence-electron chi connectivity index (χ0n) is 12.5. The quantitative estimate of drug-likeness (QED) is 0.913. The van der Waals surface area contributed by atoms with Gasteiger partial charge in [0.2, 0.25) is 5.91 Å². The van der Waals surface area contributed by atoms with Crippen molar-refractivity contribution in [3.63, 3.8) is 0 Å². The van der Waals surface area contributed by atoms with Crippen molar-refractivity contribution < 1.29 is 14.7 Å². The van der Waals surface area contributed by atoms with Crippen LogP contribution in [0.25, 0.3) is 0 Å². The van der Waals surface area contributed by atoms with Gasteiger partial charge in [0.05, 0.1) is 0 Å². The van der Waals surface area contributed by atoms with Crippen LogP contribution in [-0.2, 0) is 16.0 Å². The molecule has 1 N–H and O–H groups in total. The topological polar surface area (TPSA) is 57.6 Å². The Morgan fingerprint density at radius 3 is 2.81 bits per heavy atom. The fourth-order valence-electron chi connectivity index (χ4n) is 3.80. The summed E-state index contributed by atoms with van der Waals surface area (Å²) in [7, 11) is 0. The summed E-state index contributed by atoms with van der Waals surface area (Å²) >= 11 is 1.59. The molecule has 0 bridgehead atoms. The molecule has 2 heterocycles. The molecule has 0 spiro atoms. The van der Waals surface area contributed by atoms with Crippen molar-refractivity contribution in [2.75, 3.05) is 6.54 Å². The van der Waals surface area contributed by atoms with Crippen LogP contribution in [0.2, 0.25) is 0 Å². The van der Waals surface area contributed by atoms with E-state index in [4.69, 9.17) is 0 Å². The van der Waals surface area contributed by atoms with E-state index in [1.165, 1.54) is 0 Å². The van der Waals surface area contributed by atoms with Gasteiger partial charge in [-0.1, -0.05) is 20.3 Å². The molecule has 4 nitrogen and oxygen atoms in total. The Labute approximate surface area is 128 Å². The summed E-state index contributed by atoms with van der Waals surface area (Å²) in [4.78, 5) is 27.4. The highest BCUT2D eigenvalue weighted by atomic mass is 32.1. The van der Waals surface area contributed by atoms with Gasteiger partial charge in [0.1, 0.15) is 0 Å². The molecule has 1 amide bonds. The standard InChI is InChI=1S/C16H21NO3S/c1-16(2)7-3-4-11(16)14(18)17-8-5-12-10(6-9-21-12)13(17)15(19)20/h6,9,11,13H,3-5,7-8H2,1-2H3,(H,19,20). The molecule has 0 radical (unpaired) electrons. The summed E-state index contributed by atoms with van der Waals surface area (Å²) in [6.07, 6.45) is 3.75. The third-order valence-corrected chi connectivity index (χ3v) is 6.03. The smallest absolute Gasteiger partial charge is 0.331 e. The number of fused-ring (bicyclic) bond motifs is 1. The molecular formula is C16H21NO3S. The number of amides is 1. The number of carbonyl (C=O) groups is 2. The van der Waals surface area contributed by atoms with Gasteiger partial charge in [-0.05, 0) is 41.7 Å². The second-order valence-electron chi connectivity index (χ2n) is 6.75. The molecule has 1 fully saturated rings. The van der Waals surface area contributed by atoms with Gasteiger partial charge >= 0.3 is 5.97 Å². The largest absolute Gasteiger partial charge is 0.479 e. The van der Waals surface area contributed by atoms with Crippen molar-refractivity contribution in [3.05, 3.63) is 21.9 Å². The van der Waals surface area contributed by atoms with Crippen LogP contribution in [0.1, 0.15) is 49.6 Å². The maximum absolute atomic E-state index is 12.9. The Kier molecular flexibility index (Phi) is 3.56. The van der Waals surface area contributed by atoms with Crippen LogP contribution >= 0.6 is 11.3 Å². The molecule has 0 aromatic carbocycles. The number of carboxylic acids is 1. The summed E-state index contributed by atoms with van der Waals surface area (Å²) in [5, 5.41) is 11.5. The van der Waals surface area contributed by atoms with Crippen LogP contribution < -0.4 is 0 Å². The molecule has 2 atom stereocenters. The number of nitrogens with zero attached hydrogens (tertiary/aromatic N) is 1. The average molecular weight is 307 g/mol. The second kappa shape index (κ2) is 5.13. The SMILES string of the molecule is CC1(C)CCCC1C(=O)N1CCc2sccc2C1C(=O)O. The van der Waals surface area contributed by atoms with Gasteiger partial charge in [-0.2, -0.15) is 0 Å². The van der Waals surface area contributed by atoms with Crippen LogP contribution in [0, 0.1) is 11.3 Å². The number of carbonyl (C=O) groups excluding carboxylic acids is 1. The number of rotatable bonds is 2. The van der Waals surface area contributed by atoms with Crippen molar-refractivity contribution in [1.29, 1.82) is 0 Å². The van der Waals surface area contributed by atoms with Crippen molar-refractivity contribution in [2.45, 2.75) is 45.6 Å². The number of thiophene rings is 1. The van der Waals surface area contributed by atoms with E-state index < -0.39 is 12.0 Å². The minimum Gasteiger partial charge on any atom is -0.479 e. The monoisotopic (exact) mass is 307 g/mol. The van der Waals surface area contributed by atoms with E-state index in [2.05, 4.69) is 13.8 Å². The van der Waals surface area contributed by atoms with Gasteiger partial charge in [-0.25, -0.2) is 4.79 Å². The van der Waals surface area contributed by atoms with E-state index in [9.17, 15) is 14.7 Å². The van der Waals surface area contributed by atoms with Crippen molar-refractivity contribution in [2.24, 2.45) is 11.3 Å². The lowest BCUT2D eigenvalue weighted by Gasteiger charge is -2.37. The number of carboxylic acid groups (broad SMARTS) is 1. The molecule has 1 aliphatic heterocycles. The van der Waals surface area contributed by atoms with E-state index in [-0.39, 0.29) is 17.2 Å². The van der Waals surface area contributed by atoms with E-state index in [1.807, 2.05) is 11.4 Å². The fraction of sp³-hybridized carbons (Fsp3) is 0.625. The lowest BCUT2D eigenvalue weighted by molar-refractivity contribution is -0.154. The molecule has 1 saturated carbocycles. The van der Waals surface area contributed by atoms with Gasteiger partial charge < -0.3 is 10.0 Å². The molecule has 1 aliphatic carbocycles. The van der Waals surface area contributed by atoms with Crippen molar-refractivity contribution in [3.8, 4) is 0 Å². The molecular weight excluding hydrogens is 286 g/mol. The number of hydrogen-bond donors (Lipinski definition) is 1. The normalized spacial score (nSPS) is 27.4. The molecule has 3 rings (SSSR count). The molecule has 1 aromatic rings. The molecule has 114 valence electrons. The second-order valence-corrected chi connectivity index (χ2v) is 7.76. The maximum Gasteiger partial charge on any atom is 0.331 e. The lowest BCUT2D eigenvalue weighted by atomic mass is 9.80. The minimum atomic E-state index is -0.918. The third-order valence-electron chi connectivity index (χ3n) is 5.04. The van der Waals surface area contributed by atoms with Gasteiger partial charge in [0.15, 0.2) is 6.04 Å². The Morgan fingerprint density at radius 2 is 2.19 bits per heavy atom. The van der Waals surface area contributed by atoms with Gasteiger partial charge in [0, 0.05) is 17.3 Å². The third kappa shape index (κ3) is 2.37. The number of hydrogen-bond acceptors (Lipinski definition) is 3. The first-order valence-electron chi connectivity index (χ1n) is 7.51. The van der Waals surface area contributed by atoms with Crippen LogP contribution in [0.4, 0.5) is 0 Å². The summed E-state index contributed by atoms with van der Waals surface area (Å²) < 4.78 is 0. The van der Waals surface area contributed by atoms with E-state index in [0.717, 1.165) is 36.1 Å². The number of aliphatic carboxylic acids is 1. The molecule has 1 aromatic heterocycles. The fourth-order valence-corrected chi connectivity index (χ4v) is 4.71. The maximum atomic E-state index is 12.9. The minimum absolute atomic E-state index is 0.0188. The van der Waals surface area contributed by atoms with E-state index in [1.54, 1.807) is 16.2 Å². The van der Waals surface area contributed by atoms with E-state index in [0.29, 0.717) is 6.54 Å². The molecule has 2 unspecified atom stereocenters. The molecule has 21 heavy (non-hydrogen) atoms. The summed E-state index contributed by atoms with van der Waals surface area (Å²) in [5.41, 5.74) is 0.789. The highest BCUT2D eigenvalue weighted by molar-refractivity contribution is 7.10. The summed E-state index contributed by atoms with van der Waals surface area (Å²) in [6, 6.07) is 1.06. The summed E-state index contributed by atoms with van der Waals surface area (Å²) in [5.74, 6) is -0.931. The molecule has 2 aliphatic rings. The Morgan fingerprint density at radius 1 is 1.43 bits per heavy atom. The van der Waals surface area contributed by atoms with Crippen LogP contribution in [0.3, 0.4) is 0 Å². The highest BCUT2D eigenvalue weighted by Gasteiger charge is 2.45. The first-order valence-corrected chi connectivity index (χ1v) is 8.39. The van der Waals surface area contributed by atoms with Crippen LogP contribution in [-0.4, -0.2) is 28.4 Å². The van der Waals surface area contributed by atoms with Gasteiger partial charge in [0.25, 0.3) is 0 Å². The van der Waals surface area contributed by atoms with Crippen molar-refractivity contribution in [1.82, 2.24) is 4.90 Å². The lowest BCUT2D eigenvalue weighted by Crippen LogP contribution is -2.47. The van der Waals surface area contributed by atoms with Crippen LogP contribution in [0.15, 0.2) is 11.4 Å². The molecule has 5 heteroatoms. The Balaban J connectivity index is 1.91. The van der Waals surface area contributed by atoms with Gasteiger partial charge in [-0.3, -0.25) is 4.79 Å². The molecule has 0 saturated heterocycles. The van der Waals surface area contributed by atoms with Crippen molar-refractivity contribution >= 4 is 23.2 Å². The zero-order chi connectivity index (χ0) is 15.2. The van der Waals surface area contributed by atoms with Crippen LogP contribution in [0.5, 0.6) is 0 Å². The van der Waals surface area contributed by atoms with E-state index >= 15 is 0 Å². The Bertz CT molecular complexity index is 578. The summed E-state index contributed by atoms with van der Waals surface area (Å²) in [6.45, 7) is 4.77. The van der Waals surface area contributed by atoms with Gasteiger partial charge in [-0.15, -0.1) is 11.3 Å². The first-order chi connectivity index (χ1) is 9.92. The average Bonchev–Trinajstić information content (AvgIpc) is 3.01. The highest BCUT2D eigenvalue weighted by Crippen LogP contribution is 2.45. The predicted octanol–water partition coefficient (Wildman–Crippen LogP) is 3.08. The first kappa shape index (κ1) is 14.6. The predicted molar refractivity (Wildman–Crippen MR) is 81.2 cm³/mol.